The van der Waals surface area contributed by atoms with Gasteiger partial charge in [0.2, 0.25) is 0 Å². The number of rotatable bonds is 51. The average molecular weight is 1860 g/mol. The first kappa shape index (κ1) is 112. The minimum Gasteiger partial charge on any atom is -0.494 e. The quantitative estimate of drug-likeness (QED) is 0.0245. The Morgan fingerprint density at radius 1 is 0.410 bits per heavy atom. The number of esters is 3. The molecule has 8 saturated carbocycles. The molecule has 10 heteroatoms. The summed E-state index contributed by atoms with van der Waals surface area (Å²) >= 11 is 0. The van der Waals surface area contributed by atoms with Crippen molar-refractivity contribution in [1.82, 2.24) is 0 Å². The van der Waals surface area contributed by atoms with E-state index in [0.717, 1.165) is 184 Å². The predicted octanol–water partition coefficient (Wildman–Crippen LogP) is 37.8. The molecule has 8 fully saturated rings. The molecule has 0 spiro atoms. The van der Waals surface area contributed by atoms with Gasteiger partial charge in [-0.2, -0.15) is 0 Å². The van der Waals surface area contributed by atoms with E-state index in [9.17, 15) is 23.2 Å². The summed E-state index contributed by atoms with van der Waals surface area (Å²) in [6.07, 6.45) is 77.4. The van der Waals surface area contributed by atoms with Crippen LogP contribution in [-0.2, 0) is 20.7 Å². The zero-order valence-corrected chi connectivity index (χ0v) is 88.7. The Morgan fingerprint density at radius 2 is 0.881 bits per heavy atom. The van der Waals surface area contributed by atoms with E-state index in [0.29, 0.717) is 40.7 Å². The largest absolute Gasteiger partial charge is 0.494 e. The van der Waals surface area contributed by atoms with Gasteiger partial charge in [0.15, 0.2) is 17.4 Å². The second-order valence-electron chi connectivity index (χ2n) is 46.2. The Balaban J connectivity index is 0.000000201. The number of ether oxygens (including phenoxy) is 5. The standard InChI is InChI=1S/C36H64O2.C31H52.C29H46F2O.C28H38O5/c1-7-8-9-10-11-12-16-34(37)38-29-21-23-35(5)28(25-29)17-18-30-32-20-19-31(27(4)15-13-14-26(2)3)36(32,6)24-22-33(30)35;1-4-6-7-8-9-11-25(3)24-27-14-18-29(19-15-27)31-22-20-30(21-23-31)28-16-12-26(10-5-2)13-17-28;1-4-6-7-8-10-21(3)32-29-27(30)19-26(20-28(29)31)25-17-15-24(16-18-25)23-13-11-22(9-5-2)12-14-23;1-4-6-8-10-12-22(3)32-27(29)23-15-19-26(20-16-23)33-28(30)24-13-17-25(18-14-24)31-21-11-9-7-5-2/h26-33H,7-25H2,1-6H3;14-15,18-19,25-26,28,30-31H,4-13,16-17,20-24H2,1-3H3;19-25H,4-18H2,1-3H3;13-20,22H,4-12,21H2,1-3H3/t27?,28?,29-,30-,31+,32-,33-,35-,36+;;;/m0.../s1. The Kier molecular flexibility index (Phi) is 51.5. The van der Waals surface area contributed by atoms with Crippen molar-refractivity contribution in [1.29, 1.82) is 0 Å². The summed E-state index contributed by atoms with van der Waals surface area (Å²) in [7, 11) is 0. The van der Waals surface area contributed by atoms with Crippen LogP contribution in [0.1, 0.15) is 532 Å². The van der Waals surface area contributed by atoms with E-state index < -0.39 is 17.6 Å². The highest BCUT2D eigenvalue weighted by molar-refractivity contribution is 5.92. The lowest BCUT2D eigenvalue weighted by Crippen LogP contribution is -2.54. The van der Waals surface area contributed by atoms with Gasteiger partial charge in [0.1, 0.15) is 17.6 Å². The van der Waals surface area contributed by atoms with Gasteiger partial charge in [0, 0.05) is 6.42 Å². The molecule has 0 radical (unpaired) electrons. The lowest BCUT2D eigenvalue weighted by Gasteiger charge is -2.61. The number of unbranched alkanes of at least 4 members (excludes halogenated alkanes) is 18. The maximum Gasteiger partial charge on any atom is 0.343 e. The molecule has 134 heavy (non-hydrogen) atoms. The SMILES string of the molecule is CCCCCCC(C)Oc1c(F)cc(C2CCC(C3CCC(CCC)CC3)CC2)cc1F.CCCCCCCC(C)Cc1ccc(C2CCC(C3CCC(CCC)CC3)CC2)cc1.CCCCCCCCC(=O)O[C@H]1CC[C@@]2(C)C(CC[C@H]3[C@@H]4CC[C@H](C(C)CCCC(C)C)[C@@]4(C)CC[C@@H]32)C1.CCCCCCOc1ccc(C(=O)Oc2ccc(C(=O)OC(C)CCCCCC)cc2)cc1. The highest BCUT2D eigenvalue weighted by atomic mass is 19.1. The smallest absolute Gasteiger partial charge is 0.343 e. The number of halogens is 2. The van der Waals surface area contributed by atoms with Gasteiger partial charge in [-0.1, -0.05) is 313 Å². The van der Waals surface area contributed by atoms with Crippen LogP contribution >= 0.6 is 0 Å². The average Bonchev–Trinajstić information content (AvgIpc) is 1.46. The minimum atomic E-state index is -0.531. The van der Waals surface area contributed by atoms with Crippen LogP contribution in [0.3, 0.4) is 0 Å². The molecule has 0 bridgehead atoms. The number of hydrogen-bond acceptors (Lipinski definition) is 8. The molecule has 0 heterocycles. The van der Waals surface area contributed by atoms with E-state index in [1.54, 1.807) is 71.8 Å². The van der Waals surface area contributed by atoms with E-state index in [-0.39, 0.29) is 41.9 Å². The zero-order valence-electron chi connectivity index (χ0n) is 88.7. The van der Waals surface area contributed by atoms with Gasteiger partial charge in [-0.25, -0.2) is 18.4 Å². The maximum atomic E-state index is 14.8. The second kappa shape index (κ2) is 61.5. The summed E-state index contributed by atoms with van der Waals surface area (Å²) < 4.78 is 57.9. The van der Waals surface area contributed by atoms with Crippen LogP contribution in [0, 0.1) is 105 Å². The monoisotopic (exact) mass is 1860 g/mol. The molecule has 8 nitrogen and oxygen atoms in total. The van der Waals surface area contributed by atoms with E-state index >= 15 is 0 Å². The molecule has 0 aromatic heterocycles. The number of carbonyl (C=O) groups excluding carboxylic acids is 3. The lowest BCUT2D eigenvalue weighted by atomic mass is 9.44. The van der Waals surface area contributed by atoms with Crippen LogP contribution in [-0.4, -0.2) is 42.8 Å². The Labute approximate surface area is 820 Å². The molecule has 12 atom stereocenters. The van der Waals surface area contributed by atoms with Crippen molar-refractivity contribution in [2.75, 3.05) is 6.61 Å². The molecular formula is C124H200F2O8. The molecule has 758 valence electrons. The first-order valence-electron chi connectivity index (χ1n) is 57.6. The molecule has 4 aromatic rings. The van der Waals surface area contributed by atoms with E-state index in [2.05, 4.69) is 114 Å². The van der Waals surface area contributed by atoms with Crippen LogP contribution < -0.4 is 14.2 Å². The van der Waals surface area contributed by atoms with Crippen molar-refractivity contribution in [2.24, 2.45) is 93.7 Å². The van der Waals surface area contributed by atoms with Gasteiger partial charge in [-0.15, -0.1) is 0 Å². The van der Waals surface area contributed by atoms with Gasteiger partial charge in [-0.3, -0.25) is 4.79 Å². The number of hydrogen-bond donors (Lipinski definition) is 0. The molecule has 0 aliphatic heterocycles. The number of fused-ring (bicyclic) bond motifs is 5. The fraction of sp³-hybridized carbons (Fsp3) is 0.782. The summed E-state index contributed by atoms with van der Waals surface area (Å²) in [6.45, 7) is 35.4. The van der Waals surface area contributed by atoms with Gasteiger partial charge < -0.3 is 23.7 Å². The molecule has 0 saturated heterocycles. The fourth-order valence-corrected chi connectivity index (χ4v) is 27.2. The van der Waals surface area contributed by atoms with Gasteiger partial charge in [0.25, 0.3) is 0 Å². The zero-order chi connectivity index (χ0) is 96.0. The topological polar surface area (TPSA) is 97.4 Å². The third-order valence-electron chi connectivity index (χ3n) is 35.4. The summed E-state index contributed by atoms with van der Waals surface area (Å²) in [5.74, 6) is 13.2. The van der Waals surface area contributed by atoms with Gasteiger partial charge in [-0.05, 0) is 377 Å². The molecule has 8 aliphatic rings. The summed E-state index contributed by atoms with van der Waals surface area (Å²) in [5.41, 5.74) is 5.96. The number of carbonyl (C=O) groups is 3. The Bertz CT molecular complexity index is 3780. The molecule has 4 aromatic carbocycles. The molecule has 0 amide bonds. The highest BCUT2D eigenvalue weighted by Crippen LogP contribution is 2.69. The first-order chi connectivity index (χ1) is 64.9. The maximum absolute atomic E-state index is 14.8. The van der Waals surface area contributed by atoms with Crippen LogP contribution in [0.25, 0.3) is 0 Å². The normalized spacial score (nSPS) is 27.0. The highest BCUT2D eigenvalue weighted by Gasteiger charge is 2.61. The molecular weight excluding hydrogens is 1660 g/mol. The van der Waals surface area contributed by atoms with Crippen molar-refractivity contribution in [3.05, 3.63) is 124 Å². The van der Waals surface area contributed by atoms with E-state index in [1.807, 2.05) is 13.8 Å². The first-order valence-corrected chi connectivity index (χ1v) is 57.6. The van der Waals surface area contributed by atoms with E-state index in [4.69, 9.17) is 23.7 Å². The molecule has 8 aliphatic carbocycles. The minimum absolute atomic E-state index is 0.0794. The molecule has 5 unspecified atom stereocenters. The van der Waals surface area contributed by atoms with Crippen molar-refractivity contribution in [3.8, 4) is 17.2 Å². The van der Waals surface area contributed by atoms with Crippen molar-refractivity contribution in [3.63, 3.8) is 0 Å². The van der Waals surface area contributed by atoms with Crippen molar-refractivity contribution >= 4 is 17.9 Å². The van der Waals surface area contributed by atoms with Crippen LogP contribution in [0.15, 0.2) is 84.9 Å². The molecule has 12 rings (SSSR count). The summed E-state index contributed by atoms with van der Waals surface area (Å²) in [4.78, 5) is 37.3. The van der Waals surface area contributed by atoms with E-state index in [1.165, 1.54) is 295 Å². The summed E-state index contributed by atoms with van der Waals surface area (Å²) in [5, 5.41) is 0. The van der Waals surface area contributed by atoms with Crippen LogP contribution in [0.2, 0.25) is 0 Å². The van der Waals surface area contributed by atoms with Gasteiger partial charge in [0.05, 0.1) is 29.9 Å². The number of benzene rings is 4. The van der Waals surface area contributed by atoms with Crippen molar-refractivity contribution in [2.45, 2.75) is 519 Å². The lowest BCUT2D eigenvalue weighted by molar-refractivity contribution is -0.162. The van der Waals surface area contributed by atoms with Crippen molar-refractivity contribution < 1.29 is 46.8 Å². The Hall–Kier alpha value is -5.25. The summed E-state index contributed by atoms with van der Waals surface area (Å²) in [6, 6.07) is 26.3. The Morgan fingerprint density at radius 3 is 1.43 bits per heavy atom. The third-order valence-corrected chi connectivity index (χ3v) is 35.4. The third kappa shape index (κ3) is 37.0. The van der Waals surface area contributed by atoms with Crippen LogP contribution in [0.4, 0.5) is 8.78 Å². The predicted molar refractivity (Wildman–Crippen MR) is 560 cm³/mol. The fourth-order valence-electron chi connectivity index (χ4n) is 27.2. The van der Waals surface area contributed by atoms with Crippen LogP contribution in [0.5, 0.6) is 17.2 Å². The second-order valence-corrected chi connectivity index (χ2v) is 46.2. The van der Waals surface area contributed by atoms with Gasteiger partial charge >= 0.3 is 17.9 Å². The molecule has 0 N–H and O–H groups in total.